The Bertz CT molecular complexity index is 953. The molecule has 0 unspecified atom stereocenters. The summed E-state index contributed by atoms with van der Waals surface area (Å²) >= 11 is 1.21. The minimum absolute atomic E-state index is 0.0404. The molecule has 31 heavy (non-hydrogen) atoms. The third kappa shape index (κ3) is 5.93. The first kappa shape index (κ1) is 23.0. The van der Waals surface area contributed by atoms with E-state index in [1.165, 1.54) is 30.0 Å². The Balaban J connectivity index is 1.67. The van der Waals surface area contributed by atoms with E-state index in [4.69, 9.17) is 4.74 Å². The quantitative estimate of drug-likeness (QED) is 0.310. The number of aromatic nitrogens is 3. The zero-order valence-corrected chi connectivity index (χ0v) is 17.0. The Labute approximate surface area is 178 Å². The van der Waals surface area contributed by atoms with E-state index in [-0.39, 0.29) is 18.1 Å². The lowest BCUT2D eigenvalue weighted by atomic mass is 10.1. The highest BCUT2D eigenvalue weighted by Gasteiger charge is 2.31. The van der Waals surface area contributed by atoms with Crippen molar-refractivity contribution in [1.29, 1.82) is 0 Å². The molecule has 3 rings (SSSR count). The predicted molar refractivity (Wildman–Crippen MR) is 102 cm³/mol. The molecule has 3 aromatic rings. The van der Waals surface area contributed by atoms with Crippen LogP contribution in [0.25, 0.3) is 0 Å². The lowest BCUT2D eigenvalue weighted by Crippen LogP contribution is -2.08. The van der Waals surface area contributed by atoms with Crippen molar-refractivity contribution in [3.63, 3.8) is 0 Å². The van der Waals surface area contributed by atoms with Crippen LogP contribution in [0.5, 0.6) is 5.75 Å². The van der Waals surface area contributed by atoms with Gasteiger partial charge in [0.05, 0.1) is 11.1 Å². The van der Waals surface area contributed by atoms with Gasteiger partial charge in [0.2, 0.25) is 0 Å². The van der Waals surface area contributed by atoms with Crippen molar-refractivity contribution in [3.05, 3.63) is 71.0 Å². The molecule has 1 heterocycles. The first-order valence-corrected chi connectivity index (χ1v) is 10.1. The van der Waals surface area contributed by atoms with Gasteiger partial charge in [-0.05, 0) is 36.8 Å². The van der Waals surface area contributed by atoms with Crippen molar-refractivity contribution >= 4 is 11.8 Å². The first-order valence-electron chi connectivity index (χ1n) is 9.09. The largest absolute Gasteiger partial charge is 0.486 e. The van der Waals surface area contributed by atoms with Crippen molar-refractivity contribution in [2.24, 2.45) is 0 Å². The van der Waals surface area contributed by atoms with Crippen molar-refractivity contribution < 1.29 is 31.1 Å². The number of alkyl halides is 6. The van der Waals surface area contributed by atoms with E-state index in [0.29, 0.717) is 23.1 Å². The van der Waals surface area contributed by atoms with Gasteiger partial charge in [-0.15, -0.1) is 10.2 Å². The summed E-state index contributed by atoms with van der Waals surface area (Å²) in [7, 11) is 0. The fourth-order valence-corrected chi connectivity index (χ4v) is 3.71. The maximum Gasteiger partial charge on any atom is 0.416 e. The SMILES string of the molecule is CCn1c(COc2cccc(C(F)(F)F)c2)nnc1SCc1cccc(C(F)(F)F)c1. The molecule has 0 bridgehead atoms. The minimum Gasteiger partial charge on any atom is -0.486 e. The normalized spacial score (nSPS) is 12.2. The van der Waals surface area contributed by atoms with E-state index in [1.807, 2.05) is 6.92 Å². The van der Waals surface area contributed by atoms with Crippen molar-refractivity contribution in [2.75, 3.05) is 0 Å². The number of halogens is 6. The molecule has 0 amide bonds. The summed E-state index contributed by atoms with van der Waals surface area (Å²) in [4.78, 5) is 0. The molecule has 0 N–H and O–H groups in total. The average molecular weight is 461 g/mol. The molecule has 11 heteroatoms. The molecule has 0 aliphatic carbocycles. The lowest BCUT2D eigenvalue weighted by molar-refractivity contribution is -0.138. The van der Waals surface area contributed by atoms with Gasteiger partial charge in [0.1, 0.15) is 12.4 Å². The summed E-state index contributed by atoms with van der Waals surface area (Å²) in [5.41, 5.74) is -1.07. The number of rotatable bonds is 7. The number of hydrogen-bond acceptors (Lipinski definition) is 4. The van der Waals surface area contributed by atoms with Crippen LogP contribution < -0.4 is 4.74 Å². The zero-order chi connectivity index (χ0) is 22.6. The van der Waals surface area contributed by atoms with Crippen LogP contribution in [0, 0.1) is 0 Å². The van der Waals surface area contributed by atoms with Crippen LogP contribution in [-0.4, -0.2) is 14.8 Å². The summed E-state index contributed by atoms with van der Waals surface area (Å²) in [6.07, 6.45) is -8.89. The second-order valence-electron chi connectivity index (χ2n) is 6.44. The van der Waals surface area contributed by atoms with Crippen LogP contribution in [0.1, 0.15) is 29.4 Å². The van der Waals surface area contributed by atoms with Gasteiger partial charge in [0, 0.05) is 12.3 Å². The number of thioether (sulfide) groups is 1. The van der Waals surface area contributed by atoms with E-state index in [0.717, 1.165) is 24.3 Å². The molecule has 0 saturated carbocycles. The van der Waals surface area contributed by atoms with Crippen molar-refractivity contribution in [1.82, 2.24) is 14.8 Å². The maximum absolute atomic E-state index is 12.9. The minimum atomic E-state index is -4.48. The standard InChI is InChI=1S/C20H17F6N3OS/c1-2-29-17(11-30-16-8-4-7-15(10-16)20(24,25)26)27-28-18(29)31-12-13-5-3-6-14(9-13)19(21,22)23/h3-10H,2,11-12H2,1H3. The van der Waals surface area contributed by atoms with Gasteiger partial charge in [-0.2, -0.15) is 26.3 Å². The van der Waals surface area contributed by atoms with E-state index in [1.54, 1.807) is 10.6 Å². The monoisotopic (exact) mass is 461 g/mol. The maximum atomic E-state index is 12.9. The molecular weight excluding hydrogens is 444 g/mol. The Morgan fingerprint density at radius 3 is 2.19 bits per heavy atom. The molecule has 0 spiro atoms. The fourth-order valence-electron chi connectivity index (χ4n) is 2.75. The summed E-state index contributed by atoms with van der Waals surface area (Å²) in [6.45, 7) is 2.18. The Morgan fingerprint density at radius 1 is 0.903 bits per heavy atom. The molecule has 4 nitrogen and oxygen atoms in total. The number of ether oxygens (including phenoxy) is 1. The number of hydrogen-bond donors (Lipinski definition) is 0. The van der Waals surface area contributed by atoms with Crippen LogP contribution in [0.4, 0.5) is 26.3 Å². The molecule has 1 aromatic heterocycles. The summed E-state index contributed by atoms with van der Waals surface area (Å²) < 4.78 is 84.2. The van der Waals surface area contributed by atoms with E-state index in [2.05, 4.69) is 10.2 Å². The highest BCUT2D eigenvalue weighted by molar-refractivity contribution is 7.98. The topological polar surface area (TPSA) is 39.9 Å². The van der Waals surface area contributed by atoms with Crippen LogP contribution in [-0.2, 0) is 31.3 Å². The highest BCUT2D eigenvalue weighted by Crippen LogP contribution is 2.32. The van der Waals surface area contributed by atoms with E-state index >= 15 is 0 Å². The van der Waals surface area contributed by atoms with Gasteiger partial charge in [0.15, 0.2) is 11.0 Å². The first-order chi connectivity index (χ1) is 14.6. The molecule has 2 aromatic carbocycles. The number of nitrogens with zero attached hydrogens (tertiary/aromatic N) is 3. The van der Waals surface area contributed by atoms with Gasteiger partial charge < -0.3 is 9.30 Å². The third-order valence-corrected chi connectivity index (χ3v) is 5.30. The lowest BCUT2D eigenvalue weighted by Gasteiger charge is -2.11. The summed E-state index contributed by atoms with van der Waals surface area (Å²) in [6, 6.07) is 9.53. The zero-order valence-electron chi connectivity index (χ0n) is 16.2. The van der Waals surface area contributed by atoms with Gasteiger partial charge >= 0.3 is 12.4 Å². The molecule has 0 radical (unpaired) electrons. The van der Waals surface area contributed by atoms with E-state index in [9.17, 15) is 26.3 Å². The van der Waals surface area contributed by atoms with Gasteiger partial charge in [0.25, 0.3) is 0 Å². The Hall–Kier alpha value is -2.69. The van der Waals surface area contributed by atoms with E-state index < -0.39 is 23.5 Å². The summed E-state index contributed by atoms with van der Waals surface area (Å²) in [5.74, 6) is 0.682. The summed E-state index contributed by atoms with van der Waals surface area (Å²) in [5, 5.41) is 8.52. The van der Waals surface area contributed by atoms with Crippen LogP contribution >= 0.6 is 11.8 Å². The molecule has 166 valence electrons. The highest BCUT2D eigenvalue weighted by atomic mass is 32.2. The third-order valence-electron chi connectivity index (χ3n) is 4.26. The van der Waals surface area contributed by atoms with Crippen molar-refractivity contribution in [3.8, 4) is 5.75 Å². The molecule has 0 saturated heterocycles. The van der Waals surface area contributed by atoms with Gasteiger partial charge in [-0.1, -0.05) is 36.0 Å². The molecule has 0 aliphatic heterocycles. The average Bonchev–Trinajstić information content (AvgIpc) is 3.11. The predicted octanol–water partition coefficient (Wildman–Crippen LogP) is 6.21. The second kappa shape index (κ2) is 9.21. The second-order valence-corrected chi connectivity index (χ2v) is 7.39. The van der Waals surface area contributed by atoms with Gasteiger partial charge in [-0.25, -0.2) is 0 Å². The molecular formula is C20H17F6N3OS. The molecule has 0 aliphatic rings. The van der Waals surface area contributed by atoms with Crippen LogP contribution in [0.2, 0.25) is 0 Å². The van der Waals surface area contributed by atoms with Gasteiger partial charge in [-0.3, -0.25) is 0 Å². The Morgan fingerprint density at radius 2 is 1.55 bits per heavy atom. The smallest absolute Gasteiger partial charge is 0.416 e. The van der Waals surface area contributed by atoms with Crippen molar-refractivity contribution in [2.45, 2.75) is 43.3 Å². The molecule has 0 fully saturated rings. The molecule has 0 atom stereocenters. The van der Waals surface area contributed by atoms with Crippen LogP contribution in [0.15, 0.2) is 53.7 Å². The Kier molecular flexibility index (Phi) is 6.83. The fraction of sp³-hybridized carbons (Fsp3) is 0.300. The number of benzene rings is 2. The van der Waals surface area contributed by atoms with Crippen LogP contribution in [0.3, 0.4) is 0 Å².